The lowest BCUT2D eigenvalue weighted by Gasteiger charge is -2.06. The minimum Gasteiger partial charge on any atom is -0.319 e. The van der Waals surface area contributed by atoms with Gasteiger partial charge in [0, 0.05) is 56.1 Å². The smallest absolute Gasteiger partial charge is 0.158 e. The number of benzene rings is 1. The van der Waals surface area contributed by atoms with Gasteiger partial charge in [0.2, 0.25) is 0 Å². The predicted molar refractivity (Wildman–Crippen MR) is 137 cm³/mol. The standard InChI is InChI=1S/C14H18N6.C10H10N2.C2H6/c1-10-14-16-7-13(11-6-17-19(3)8-11)20(14)9-12(18-10)4-5-15-2;1-9-2-4-10(5-3-9)12-7-6-11-8-12;1-2/h6-9,15H,4-5H2,1-3H3;2-8H,1H3;1-2H3. The molecule has 0 aliphatic heterocycles. The zero-order chi connectivity index (χ0) is 24.5. The third-order valence-electron chi connectivity index (χ3n) is 5.18. The molecular formula is C26H34N8. The summed E-state index contributed by atoms with van der Waals surface area (Å²) in [6.07, 6.45) is 14.2. The Morgan fingerprint density at radius 3 is 2.38 bits per heavy atom. The largest absolute Gasteiger partial charge is 0.319 e. The van der Waals surface area contributed by atoms with Crippen molar-refractivity contribution in [1.82, 2.24) is 39.0 Å². The van der Waals surface area contributed by atoms with Crippen molar-refractivity contribution in [2.75, 3.05) is 13.6 Å². The number of aromatic nitrogens is 7. The number of hydrogen-bond acceptors (Lipinski definition) is 5. The van der Waals surface area contributed by atoms with Crippen molar-refractivity contribution >= 4 is 5.65 Å². The molecule has 5 aromatic rings. The van der Waals surface area contributed by atoms with Crippen molar-refractivity contribution in [2.45, 2.75) is 34.1 Å². The first-order valence-electron chi connectivity index (χ1n) is 11.6. The average Bonchev–Trinajstić information content (AvgIpc) is 3.61. The number of hydrogen-bond donors (Lipinski definition) is 1. The Bertz CT molecular complexity index is 1280. The number of likely N-dealkylation sites (N-methyl/N-ethyl adjacent to an activating group) is 1. The van der Waals surface area contributed by atoms with Crippen LogP contribution in [0.3, 0.4) is 0 Å². The molecule has 5 rings (SSSR count). The van der Waals surface area contributed by atoms with Crippen LogP contribution in [0.4, 0.5) is 0 Å². The number of nitrogens with zero attached hydrogens (tertiary/aromatic N) is 7. The van der Waals surface area contributed by atoms with Gasteiger partial charge in [0.15, 0.2) is 5.65 Å². The maximum absolute atomic E-state index is 4.61. The number of nitrogens with one attached hydrogen (secondary N) is 1. The molecule has 0 fully saturated rings. The molecule has 8 heteroatoms. The maximum atomic E-state index is 4.61. The first-order chi connectivity index (χ1) is 16.5. The lowest BCUT2D eigenvalue weighted by atomic mass is 10.2. The fourth-order valence-electron chi connectivity index (χ4n) is 3.47. The molecule has 0 atom stereocenters. The van der Waals surface area contributed by atoms with Gasteiger partial charge in [-0.2, -0.15) is 5.10 Å². The molecule has 4 heterocycles. The highest BCUT2D eigenvalue weighted by Crippen LogP contribution is 2.21. The third kappa shape index (κ3) is 5.96. The maximum Gasteiger partial charge on any atom is 0.158 e. The second kappa shape index (κ2) is 11.9. The predicted octanol–water partition coefficient (Wildman–Crippen LogP) is 4.41. The molecule has 0 saturated carbocycles. The normalized spacial score (nSPS) is 10.4. The molecule has 1 N–H and O–H groups in total. The van der Waals surface area contributed by atoms with Crippen molar-refractivity contribution in [3.8, 4) is 16.9 Å². The van der Waals surface area contributed by atoms with E-state index in [9.17, 15) is 0 Å². The Labute approximate surface area is 201 Å². The van der Waals surface area contributed by atoms with Crippen LogP contribution < -0.4 is 5.32 Å². The SMILES string of the molecule is CC.CNCCc1cn2c(-c3cnn(C)c3)cnc2c(C)n1.Cc1ccc(-n2ccnc2)cc1. The van der Waals surface area contributed by atoms with Gasteiger partial charge < -0.3 is 9.88 Å². The van der Waals surface area contributed by atoms with Gasteiger partial charge in [-0.3, -0.25) is 14.1 Å². The molecule has 4 aromatic heterocycles. The van der Waals surface area contributed by atoms with Crippen LogP contribution in [0.5, 0.6) is 0 Å². The Morgan fingerprint density at radius 2 is 1.76 bits per heavy atom. The molecule has 0 spiro atoms. The summed E-state index contributed by atoms with van der Waals surface area (Å²) in [5.74, 6) is 0. The summed E-state index contributed by atoms with van der Waals surface area (Å²) in [4.78, 5) is 13.1. The van der Waals surface area contributed by atoms with Crippen LogP contribution in [0.25, 0.3) is 22.6 Å². The molecule has 0 aliphatic rings. The van der Waals surface area contributed by atoms with Crippen LogP contribution in [0.2, 0.25) is 0 Å². The average molecular weight is 459 g/mol. The third-order valence-corrected chi connectivity index (χ3v) is 5.18. The summed E-state index contributed by atoms with van der Waals surface area (Å²) in [6, 6.07) is 8.35. The van der Waals surface area contributed by atoms with E-state index in [1.54, 1.807) is 17.2 Å². The number of imidazole rings is 2. The molecule has 0 saturated heterocycles. The zero-order valence-corrected chi connectivity index (χ0v) is 20.9. The van der Waals surface area contributed by atoms with E-state index < -0.39 is 0 Å². The first-order valence-corrected chi connectivity index (χ1v) is 11.6. The molecule has 0 aliphatic carbocycles. The molecule has 1 aromatic carbocycles. The molecule has 8 nitrogen and oxygen atoms in total. The minimum absolute atomic E-state index is 0.900. The Balaban J connectivity index is 0.000000197. The molecule has 0 radical (unpaired) electrons. The van der Waals surface area contributed by atoms with Crippen LogP contribution in [0, 0.1) is 13.8 Å². The van der Waals surface area contributed by atoms with Gasteiger partial charge in [-0.05, 0) is 33.0 Å². The van der Waals surface area contributed by atoms with Crippen molar-refractivity contribution in [1.29, 1.82) is 0 Å². The molecule has 0 amide bonds. The summed E-state index contributed by atoms with van der Waals surface area (Å²) in [6.45, 7) is 8.99. The second-order valence-electron chi connectivity index (χ2n) is 7.72. The van der Waals surface area contributed by atoms with Crippen molar-refractivity contribution in [2.24, 2.45) is 7.05 Å². The highest BCUT2D eigenvalue weighted by Gasteiger charge is 2.11. The van der Waals surface area contributed by atoms with Crippen LogP contribution in [-0.2, 0) is 13.5 Å². The molecule has 0 unspecified atom stereocenters. The van der Waals surface area contributed by atoms with Crippen LogP contribution in [0.1, 0.15) is 30.8 Å². The molecule has 0 bridgehead atoms. The first kappa shape index (κ1) is 24.9. The highest BCUT2D eigenvalue weighted by molar-refractivity contribution is 5.63. The van der Waals surface area contributed by atoms with E-state index >= 15 is 0 Å². The van der Waals surface area contributed by atoms with Gasteiger partial charge in [0.25, 0.3) is 0 Å². The lowest BCUT2D eigenvalue weighted by molar-refractivity contribution is 0.767. The summed E-state index contributed by atoms with van der Waals surface area (Å²) in [5, 5.41) is 7.37. The zero-order valence-electron chi connectivity index (χ0n) is 20.9. The highest BCUT2D eigenvalue weighted by atomic mass is 15.2. The fraction of sp³-hybridized carbons (Fsp3) is 0.308. The van der Waals surface area contributed by atoms with Crippen LogP contribution in [-0.4, -0.2) is 47.3 Å². The topological polar surface area (TPSA) is 77.9 Å². The van der Waals surface area contributed by atoms with E-state index in [1.165, 1.54) is 5.56 Å². The Hall–Kier alpha value is -3.78. The van der Waals surface area contributed by atoms with E-state index in [0.29, 0.717) is 0 Å². The van der Waals surface area contributed by atoms with Gasteiger partial charge >= 0.3 is 0 Å². The van der Waals surface area contributed by atoms with Crippen LogP contribution in [0.15, 0.2) is 67.8 Å². The molecular weight excluding hydrogens is 424 g/mol. The van der Waals surface area contributed by atoms with Crippen molar-refractivity contribution < 1.29 is 0 Å². The van der Waals surface area contributed by atoms with E-state index in [-0.39, 0.29) is 0 Å². The van der Waals surface area contributed by atoms with Crippen molar-refractivity contribution in [3.63, 3.8) is 0 Å². The lowest BCUT2D eigenvalue weighted by Crippen LogP contribution is -2.12. The Kier molecular flexibility index (Phi) is 8.70. The Morgan fingerprint density at radius 1 is 1.00 bits per heavy atom. The quantitative estimate of drug-likeness (QED) is 0.422. The summed E-state index contributed by atoms with van der Waals surface area (Å²) in [5.41, 5.74) is 7.45. The summed E-state index contributed by atoms with van der Waals surface area (Å²) < 4.78 is 5.88. The number of aryl methyl sites for hydroxylation is 3. The minimum atomic E-state index is 0.900. The van der Waals surface area contributed by atoms with Gasteiger partial charge in [-0.1, -0.05) is 31.5 Å². The molecule has 34 heavy (non-hydrogen) atoms. The number of rotatable bonds is 5. The van der Waals surface area contributed by atoms with Gasteiger partial charge in [-0.15, -0.1) is 0 Å². The van der Waals surface area contributed by atoms with Crippen molar-refractivity contribution in [3.05, 3.63) is 84.7 Å². The van der Waals surface area contributed by atoms with Gasteiger partial charge in [-0.25, -0.2) is 9.97 Å². The van der Waals surface area contributed by atoms with E-state index in [2.05, 4.69) is 67.2 Å². The van der Waals surface area contributed by atoms with E-state index in [0.717, 1.165) is 46.9 Å². The van der Waals surface area contributed by atoms with E-state index in [1.807, 2.05) is 64.2 Å². The molecule has 178 valence electrons. The second-order valence-corrected chi connectivity index (χ2v) is 7.72. The van der Waals surface area contributed by atoms with Gasteiger partial charge in [0.05, 0.1) is 35.8 Å². The fourth-order valence-corrected chi connectivity index (χ4v) is 3.47. The summed E-state index contributed by atoms with van der Waals surface area (Å²) >= 11 is 0. The summed E-state index contributed by atoms with van der Waals surface area (Å²) in [7, 11) is 3.86. The monoisotopic (exact) mass is 458 g/mol. The van der Waals surface area contributed by atoms with Gasteiger partial charge in [0.1, 0.15) is 0 Å². The van der Waals surface area contributed by atoms with E-state index in [4.69, 9.17) is 0 Å². The number of fused-ring (bicyclic) bond motifs is 1. The van der Waals surface area contributed by atoms with Crippen LogP contribution >= 0.6 is 0 Å².